The zero-order valence-corrected chi connectivity index (χ0v) is 10.5. The van der Waals surface area contributed by atoms with Gasteiger partial charge in [-0.1, -0.05) is 35.8 Å². The topological polar surface area (TPSA) is 12.0 Å². The Bertz CT molecular complexity index is 369. The second kappa shape index (κ2) is 3.27. The standard InChI is InChI=1S/C12H16BrN/c1-8-10(13)5-4-9-11(8)14-7-6-12(9,2)3/h4-5,14H,6-7H2,1-3H3. The van der Waals surface area contributed by atoms with Crippen LogP contribution in [0.4, 0.5) is 5.69 Å². The molecule has 0 radical (unpaired) electrons. The van der Waals surface area contributed by atoms with Crippen molar-refractivity contribution >= 4 is 21.6 Å². The van der Waals surface area contributed by atoms with E-state index in [1.54, 1.807) is 0 Å². The average Bonchev–Trinajstić information content (AvgIpc) is 2.11. The maximum absolute atomic E-state index is 3.57. The third-order valence-electron chi connectivity index (χ3n) is 3.18. The molecular weight excluding hydrogens is 238 g/mol. The van der Waals surface area contributed by atoms with Crippen molar-refractivity contribution in [3.8, 4) is 0 Å². The number of fused-ring (bicyclic) bond motifs is 1. The van der Waals surface area contributed by atoms with E-state index in [0.29, 0.717) is 5.41 Å². The number of hydrogen-bond acceptors (Lipinski definition) is 1. The number of nitrogens with one attached hydrogen (secondary N) is 1. The Morgan fingerprint density at radius 1 is 1.36 bits per heavy atom. The van der Waals surface area contributed by atoms with Crippen LogP contribution in [0.1, 0.15) is 31.4 Å². The molecule has 0 saturated carbocycles. The summed E-state index contributed by atoms with van der Waals surface area (Å²) in [5.74, 6) is 0. The summed E-state index contributed by atoms with van der Waals surface area (Å²) in [7, 11) is 0. The van der Waals surface area contributed by atoms with Gasteiger partial charge < -0.3 is 5.32 Å². The van der Waals surface area contributed by atoms with Gasteiger partial charge in [0.1, 0.15) is 0 Å². The van der Waals surface area contributed by atoms with Crippen molar-refractivity contribution in [2.24, 2.45) is 0 Å². The number of hydrogen-bond donors (Lipinski definition) is 1. The zero-order chi connectivity index (χ0) is 10.3. The van der Waals surface area contributed by atoms with E-state index in [9.17, 15) is 0 Å². The van der Waals surface area contributed by atoms with Crippen molar-refractivity contribution in [3.63, 3.8) is 0 Å². The van der Waals surface area contributed by atoms with Crippen LogP contribution >= 0.6 is 15.9 Å². The highest BCUT2D eigenvalue weighted by atomic mass is 79.9. The van der Waals surface area contributed by atoms with Gasteiger partial charge in [0.2, 0.25) is 0 Å². The van der Waals surface area contributed by atoms with Gasteiger partial charge >= 0.3 is 0 Å². The normalized spacial score (nSPS) is 18.6. The summed E-state index contributed by atoms with van der Waals surface area (Å²) in [5, 5.41) is 3.50. The van der Waals surface area contributed by atoms with E-state index in [4.69, 9.17) is 0 Å². The molecule has 0 fully saturated rings. The molecule has 2 heteroatoms. The molecule has 0 aromatic heterocycles. The lowest BCUT2D eigenvalue weighted by Gasteiger charge is -2.34. The monoisotopic (exact) mass is 253 g/mol. The summed E-state index contributed by atoms with van der Waals surface area (Å²) < 4.78 is 1.20. The summed E-state index contributed by atoms with van der Waals surface area (Å²) in [6.45, 7) is 7.88. The Labute approximate surface area is 94.0 Å². The van der Waals surface area contributed by atoms with Crippen LogP contribution in [0.3, 0.4) is 0 Å². The SMILES string of the molecule is Cc1c(Br)ccc2c1NCCC2(C)C. The summed E-state index contributed by atoms with van der Waals surface area (Å²) in [5.41, 5.74) is 4.42. The van der Waals surface area contributed by atoms with Crippen molar-refractivity contribution < 1.29 is 0 Å². The van der Waals surface area contributed by atoms with Crippen LogP contribution in [-0.4, -0.2) is 6.54 Å². The highest BCUT2D eigenvalue weighted by molar-refractivity contribution is 9.10. The van der Waals surface area contributed by atoms with E-state index >= 15 is 0 Å². The van der Waals surface area contributed by atoms with Gasteiger partial charge in [-0.3, -0.25) is 0 Å². The number of benzene rings is 1. The van der Waals surface area contributed by atoms with E-state index in [-0.39, 0.29) is 0 Å². The smallest absolute Gasteiger partial charge is 0.0419 e. The van der Waals surface area contributed by atoms with Gasteiger partial charge in [0.15, 0.2) is 0 Å². The van der Waals surface area contributed by atoms with Crippen LogP contribution in [0.25, 0.3) is 0 Å². The molecule has 1 nitrogen and oxygen atoms in total. The third kappa shape index (κ3) is 1.46. The fourth-order valence-corrected chi connectivity index (χ4v) is 2.44. The van der Waals surface area contributed by atoms with Gasteiger partial charge in [0, 0.05) is 16.7 Å². The van der Waals surface area contributed by atoms with Crippen LogP contribution < -0.4 is 5.32 Å². The Morgan fingerprint density at radius 3 is 2.79 bits per heavy atom. The van der Waals surface area contributed by atoms with E-state index in [0.717, 1.165) is 6.54 Å². The van der Waals surface area contributed by atoms with E-state index in [1.165, 1.54) is 27.7 Å². The molecule has 2 rings (SSSR count). The minimum Gasteiger partial charge on any atom is -0.385 e. The first-order valence-electron chi connectivity index (χ1n) is 5.06. The average molecular weight is 254 g/mol. The van der Waals surface area contributed by atoms with Gasteiger partial charge in [0.25, 0.3) is 0 Å². The molecule has 0 saturated heterocycles. The van der Waals surface area contributed by atoms with E-state index in [1.807, 2.05) is 0 Å². The molecule has 0 amide bonds. The van der Waals surface area contributed by atoms with Gasteiger partial charge in [0.05, 0.1) is 0 Å². The van der Waals surface area contributed by atoms with E-state index in [2.05, 4.69) is 54.2 Å². The molecule has 0 aliphatic carbocycles. The highest BCUT2D eigenvalue weighted by Crippen LogP contribution is 2.40. The second-order valence-electron chi connectivity index (χ2n) is 4.66. The fourth-order valence-electron chi connectivity index (χ4n) is 2.11. The quantitative estimate of drug-likeness (QED) is 0.741. The summed E-state index contributed by atoms with van der Waals surface area (Å²) in [6, 6.07) is 4.39. The lowest BCUT2D eigenvalue weighted by Crippen LogP contribution is -2.28. The number of halogens is 1. The van der Waals surface area contributed by atoms with Gasteiger partial charge in [-0.2, -0.15) is 0 Å². The molecular formula is C12H16BrN. The van der Waals surface area contributed by atoms with Crippen molar-refractivity contribution in [2.45, 2.75) is 32.6 Å². The summed E-state index contributed by atoms with van der Waals surface area (Å²) in [4.78, 5) is 0. The fraction of sp³-hybridized carbons (Fsp3) is 0.500. The maximum atomic E-state index is 3.57. The van der Waals surface area contributed by atoms with E-state index < -0.39 is 0 Å². The summed E-state index contributed by atoms with van der Waals surface area (Å²) in [6.07, 6.45) is 1.21. The lowest BCUT2D eigenvalue weighted by atomic mass is 9.77. The first-order valence-corrected chi connectivity index (χ1v) is 5.85. The minimum absolute atomic E-state index is 0.312. The van der Waals surface area contributed by atoms with Crippen LogP contribution in [0.2, 0.25) is 0 Å². The van der Waals surface area contributed by atoms with Crippen LogP contribution in [0, 0.1) is 6.92 Å². The van der Waals surface area contributed by atoms with Gasteiger partial charge in [-0.15, -0.1) is 0 Å². The summed E-state index contributed by atoms with van der Waals surface area (Å²) >= 11 is 3.57. The van der Waals surface area contributed by atoms with Gasteiger partial charge in [-0.05, 0) is 36.0 Å². The predicted octanol–water partition coefficient (Wildman–Crippen LogP) is 3.85. The Balaban J connectivity index is 2.62. The molecule has 1 heterocycles. The van der Waals surface area contributed by atoms with Crippen LogP contribution in [0.5, 0.6) is 0 Å². The zero-order valence-electron chi connectivity index (χ0n) is 8.95. The Morgan fingerprint density at radius 2 is 2.07 bits per heavy atom. The Kier molecular flexibility index (Phi) is 2.34. The molecule has 1 aromatic rings. The molecule has 0 atom stereocenters. The van der Waals surface area contributed by atoms with Crippen LogP contribution in [0.15, 0.2) is 16.6 Å². The first kappa shape index (κ1) is 10.0. The van der Waals surface area contributed by atoms with Crippen molar-refractivity contribution in [2.75, 3.05) is 11.9 Å². The third-order valence-corrected chi connectivity index (χ3v) is 4.04. The molecule has 0 unspecified atom stereocenters. The molecule has 0 spiro atoms. The molecule has 1 aliphatic rings. The Hall–Kier alpha value is -0.500. The molecule has 1 aromatic carbocycles. The predicted molar refractivity (Wildman–Crippen MR) is 65.0 cm³/mol. The number of anilines is 1. The van der Waals surface area contributed by atoms with Crippen LogP contribution in [-0.2, 0) is 5.41 Å². The molecule has 14 heavy (non-hydrogen) atoms. The van der Waals surface area contributed by atoms with Crippen molar-refractivity contribution in [1.29, 1.82) is 0 Å². The maximum Gasteiger partial charge on any atom is 0.0419 e. The highest BCUT2D eigenvalue weighted by Gasteiger charge is 2.28. The van der Waals surface area contributed by atoms with Gasteiger partial charge in [-0.25, -0.2) is 0 Å². The minimum atomic E-state index is 0.312. The molecule has 76 valence electrons. The molecule has 0 bridgehead atoms. The van der Waals surface area contributed by atoms with Crippen molar-refractivity contribution in [3.05, 3.63) is 27.7 Å². The number of rotatable bonds is 0. The molecule has 1 N–H and O–H groups in total. The lowest BCUT2D eigenvalue weighted by molar-refractivity contribution is 0.481. The largest absolute Gasteiger partial charge is 0.385 e. The molecule has 1 aliphatic heterocycles. The van der Waals surface area contributed by atoms with Crippen molar-refractivity contribution in [1.82, 2.24) is 0 Å². The second-order valence-corrected chi connectivity index (χ2v) is 5.51. The first-order chi connectivity index (χ1) is 6.52.